The first kappa shape index (κ1) is 7.76. The maximum atomic E-state index is 10.0. The Hall–Kier alpha value is -1.34. The summed E-state index contributed by atoms with van der Waals surface area (Å²) in [5, 5.41) is 3.10. The first-order valence-corrected chi connectivity index (χ1v) is 3.77. The number of nitrogens with one attached hydrogen (secondary N) is 1. The average molecular weight is 166 g/mol. The van der Waals surface area contributed by atoms with Crippen LogP contribution in [0.1, 0.15) is 4.88 Å². The van der Waals surface area contributed by atoms with E-state index in [1.165, 1.54) is 11.3 Å². The van der Waals surface area contributed by atoms with Gasteiger partial charge in [0.15, 0.2) is 0 Å². The van der Waals surface area contributed by atoms with E-state index in [9.17, 15) is 4.79 Å². The predicted molar refractivity (Wildman–Crippen MR) is 45.0 cm³/mol. The van der Waals surface area contributed by atoms with Crippen LogP contribution in [-0.4, -0.2) is 6.41 Å². The van der Waals surface area contributed by atoms with Gasteiger partial charge in [-0.3, -0.25) is 4.79 Å². The van der Waals surface area contributed by atoms with Crippen LogP contribution in [0.4, 0.5) is 10.7 Å². The maximum Gasteiger partial charge on any atom is 0.221 e. The number of hydrogen-bond donors (Lipinski definition) is 1. The zero-order valence-corrected chi connectivity index (χ0v) is 6.73. The summed E-state index contributed by atoms with van der Waals surface area (Å²) in [7, 11) is 0. The van der Waals surface area contributed by atoms with E-state index in [0.717, 1.165) is 4.88 Å². The molecule has 0 unspecified atom stereocenters. The third kappa shape index (κ3) is 1.57. The summed E-state index contributed by atoms with van der Waals surface area (Å²) in [6, 6.07) is 1.75. The number of rotatable bonds is 2. The fraction of sp³-hybridized carbons (Fsp3) is 0.143. The summed E-state index contributed by atoms with van der Waals surface area (Å²) in [5.74, 6) is 0. The molecule has 0 aromatic carbocycles. The molecule has 1 aromatic heterocycles. The molecule has 1 aromatic rings. The smallest absolute Gasteiger partial charge is 0.221 e. The Morgan fingerprint density at radius 1 is 1.82 bits per heavy atom. The van der Waals surface area contributed by atoms with E-state index in [1.807, 2.05) is 6.92 Å². The highest BCUT2D eigenvalue weighted by molar-refractivity contribution is 7.16. The van der Waals surface area contributed by atoms with Crippen molar-refractivity contribution < 1.29 is 4.79 Å². The Morgan fingerprint density at radius 2 is 2.55 bits per heavy atom. The van der Waals surface area contributed by atoms with Crippen molar-refractivity contribution >= 4 is 28.4 Å². The van der Waals surface area contributed by atoms with Crippen molar-refractivity contribution in [1.29, 1.82) is 0 Å². The highest BCUT2D eigenvalue weighted by Gasteiger charge is 2.04. The monoisotopic (exact) mass is 166 g/mol. The zero-order valence-electron chi connectivity index (χ0n) is 5.92. The molecule has 0 atom stereocenters. The molecule has 1 rings (SSSR count). The maximum absolute atomic E-state index is 10.0. The minimum Gasteiger partial charge on any atom is -0.329 e. The summed E-state index contributed by atoms with van der Waals surface area (Å²) < 4.78 is 0. The van der Waals surface area contributed by atoms with Crippen molar-refractivity contribution in [2.45, 2.75) is 6.92 Å². The fourth-order valence-electron chi connectivity index (χ4n) is 0.741. The second-order valence-corrected chi connectivity index (χ2v) is 3.20. The molecule has 0 saturated heterocycles. The molecule has 56 valence electrons. The number of hydrogen-bond acceptors (Lipinski definition) is 2. The number of nitrogens with zero attached hydrogens (tertiary/aromatic N) is 1. The number of amides is 1. The van der Waals surface area contributed by atoms with Crippen LogP contribution in [0.15, 0.2) is 6.07 Å². The van der Waals surface area contributed by atoms with Gasteiger partial charge in [-0.05, 0) is 17.9 Å². The fourth-order valence-corrected chi connectivity index (χ4v) is 1.55. The summed E-state index contributed by atoms with van der Waals surface area (Å²) in [4.78, 5) is 14.3. The van der Waals surface area contributed by atoms with Crippen LogP contribution < -0.4 is 5.32 Å². The predicted octanol–water partition coefficient (Wildman–Crippen LogP) is 2.18. The Balaban J connectivity index is 3.04. The lowest BCUT2D eigenvalue weighted by Crippen LogP contribution is -1.89. The zero-order chi connectivity index (χ0) is 8.27. The topological polar surface area (TPSA) is 33.5 Å². The first-order chi connectivity index (χ1) is 5.27. The number of carbonyl (C=O) groups excluding carboxylic acids is 1. The molecule has 1 heterocycles. The molecule has 0 aliphatic carbocycles. The second-order valence-electron chi connectivity index (χ2n) is 1.95. The lowest BCUT2D eigenvalue weighted by atomic mass is 10.4. The van der Waals surface area contributed by atoms with Gasteiger partial charge in [-0.15, -0.1) is 11.3 Å². The first-order valence-electron chi connectivity index (χ1n) is 2.96. The summed E-state index contributed by atoms with van der Waals surface area (Å²) in [6.07, 6.45) is 0.583. The van der Waals surface area contributed by atoms with E-state index in [0.29, 0.717) is 17.1 Å². The van der Waals surface area contributed by atoms with Crippen LogP contribution in [0.25, 0.3) is 4.85 Å². The standard InChI is InChI=1S/C7H6N2OS/c1-5-3-6(8-2)7(11-5)9-4-10/h3-4H,1H3,(H,9,10). The molecule has 0 radical (unpaired) electrons. The normalized spacial score (nSPS) is 8.73. The molecule has 3 nitrogen and oxygen atoms in total. The quantitative estimate of drug-likeness (QED) is 0.530. The molecular formula is C7H6N2OS. The average Bonchev–Trinajstić information content (AvgIpc) is 2.32. The van der Waals surface area contributed by atoms with Crippen molar-refractivity contribution in [3.05, 3.63) is 22.4 Å². The molecule has 0 bridgehead atoms. The minimum atomic E-state index is 0.514. The Bertz CT molecular complexity index is 311. The highest BCUT2D eigenvalue weighted by Crippen LogP contribution is 2.33. The van der Waals surface area contributed by atoms with Gasteiger partial charge in [-0.25, -0.2) is 4.85 Å². The molecule has 11 heavy (non-hydrogen) atoms. The molecule has 0 fully saturated rings. The Morgan fingerprint density at radius 3 is 3.09 bits per heavy atom. The van der Waals surface area contributed by atoms with E-state index in [-0.39, 0.29) is 0 Å². The van der Waals surface area contributed by atoms with Gasteiger partial charge in [0.1, 0.15) is 0 Å². The van der Waals surface area contributed by atoms with Crippen LogP contribution in [0, 0.1) is 13.5 Å². The van der Waals surface area contributed by atoms with E-state index >= 15 is 0 Å². The van der Waals surface area contributed by atoms with Crippen molar-refractivity contribution in [3.63, 3.8) is 0 Å². The Kier molecular flexibility index (Phi) is 2.24. The lowest BCUT2D eigenvalue weighted by molar-refractivity contribution is -0.105. The van der Waals surface area contributed by atoms with Crippen LogP contribution in [0.2, 0.25) is 0 Å². The SMILES string of the molecule is [C-]#[N+]c1cc(C)sc1NC=O. The van der Waals surface area contributed by atoms with Crippen LogP contribution in [0.3, 0.4) is 0 Å². The van der Waals surface area contributed by atoms with Gasteiger partial charge in [0.05, 0.1) is 11.6 Å². The summed E-state index contributed by atoms with van der Waals surface area (Å²) in [6.45, 7) is 8.65. The summed E-state index contributed by atoms with van der Waals surface area (Å²) in [5.41, 5.74) is 0.514. The third-order valence-corrected chi connectivity index (χ3v) is 2.12. The van der Waals surface area contributed by atoms with Crippen molar-refractivity contribution in [3.8, 4) is 0 Å². The number of thiophene rings is 1. The van der Waals surface area contributed by atoms with Gasteiger partial charge in [0, 0.05) is 0 Å². The Labute approximate surface area is 68.5 Å². The van der Waals surface area contributed by atoms with E-state index in [4.69, 9.17) is 6.57 Å². The lowest BCUT2D eigenvalue weighted by Gasteiger charge is -1.90. The van der Waals surface area contributed by atoms with Crippen molar-refractivity contribution in [2.24, 2.45) is 0 Å². The molecule has 4 heteroatoms. The van der Waals surface area contributed by atoms with E-state index < -0.39 is 0 Å². The van der Waals surface area contributed by atoms with E-state index in [1.54, 1.807) is 6.07 Å². The van der Waals surface area contributed by atoms with Gasteiger partial charge in [0.25, 0.3) is 0 Å². The van der Waals surface area contributed by atoms with Crippen LogP contribution in [0.5, 0.6) is 0 Å². The summed E-state index contributed by atoms with van der Waals surface area (Å²) >= 11 is 1.41. The molecule has 0 saturated carbocycles. The molecule has 0 aliphatic rings. The molecular weight excluding hydrogens is 160 g/mol. The molecule has 0 aliphatic heterocycles. The van der Waals surface area contributed by atoms with Gasteiger partial charge in [-0.2, -0.15) is 0 Å². The van der Waals surface area contributed by atoms with Gasteiger partial charge >= 0.3 is 0 Å². The van der Waals surface area contributed by atoms with Gasteiger partial charge < -0.3 is 5.32 Å². The highest BCUT2D eigenvalue weighted by atomic mass is 32.1. The van der Waals surface area contributed by atoms with Gasteiger partial charge in [0.2, 0.25) is 12.1 Å². The number of aryl methyl sites for hydroxylation is 1. The molecule has 1 amide bonds. The van der Waals surface area contributed by atoms with Crippen molar-refractivity contribution in [2.75, 3.05) is 5.32 Å². The van der Waals surface area contributed by atoms with Crippen LogP contribution in [-0.2, 0) is 4.79 Å². The van der Waals surface area contributed by atoms with Crippen molar-refractivity contribution in [1.82, 2.24) is 0 Å². The van der Waals surface area contributed by atoms with E-state index in [2.05, 4.69) is 10.2 Å². The molecule has 1 N–H and O–H groups in total. The molecule has 0 spiro atoms. The third-order valence-electron chi connectivity index (χ3n) is 1.15. The number of anilines is 1. The largest absolute Gasteiger partial charge is 0.329 e. The van der Waals surface area contributed by atoms with Gasteiger partial charge in [-0.1, -0.05) is 0 Å². The number of carbonyl (C=O) groups is 1. The van der Waals surface area contributed by atoms with Crippen LogP contribution >= 0.6 is 11.3 Å². The second kappa shape index (κ2) is 3.17. The minimum absolute atomic E-state index is 0.514.